The molecule has 20 heavy (non-hydrogen) atoms. The molecule has 1 atom stereocenters. The Bertz CT molecular complexity index is 381. The molecule has 0 aliphatic carbocycles. The molecule has 0 saturated carbocycles. The fraction of sp³-hybridized carbons (Fsp3) is 0.562. The summed E-state index contributed by atoms with van der Waals surface area (Å²) in [7, 11) is 1.69. The summed E-state index contributed by atoms with van der Waals surface area (Å²) in [5.41, 5.74) is 1.20. The van der Waals surface area contributed by atoms with Gasteiger partial charge in [-0.3, -0.25) is 9.69 Å². The molecular formula is C16H25NO3. The van der Waals surface area contributed by atoms with Crippen molar-refractivity contribution in [3.63, 3.8) is 0 Å². The Morgan fingerprint density at radius 2 is 2.00 bits per heavy atom. The van der Waals surface area contributed by atoms with Crippen LogP contribution in [0.15, 0.2) is 30.3 Å². The third-order valence-electron chi connectivity index (χ3n) is 3.23. The van der Waals surface area contributed by atoms with Crippen molar-refractivity contribution in [1.29, 1.82) is 0 Å². The molecule has 0 spiro atoms. The molecule has 0 aliphatic heterocycles. The highest BCUT2D eigenvalue weighted by molar-refractivity contribution is 5.71. The Labute approximate surface area is 121 Å². The van der Waals surface area contributed by atoms with Crippen LogP contribution in [0.25, 0.3) is 0 Å². The van der Waals surface area contributed by atoms with Gasteiger partial charge in [0.25, 0.3) is 0 Å². The predicted molar refractivity (Wildman–Crippen MR) is 79.4 cm³/mol. The number of ether oxygens (including phenoxy) is 2. The van der Waals surface area contributed by atoms with Gasteiger partial charge in [0.1, 0.15) is 0 Å². The maximum absolute atomic E-state index is 11.7. The van der Waals surface area contributed by atoms with E-state index in [0.717, 1.165) is 13.0 Å². The Hall–Kier alpha value is -1.39. The fourth-order valence-electron chi connectivity index (χ4n) is 2.03. The molecule has 1 rings (SSSR count). The number of hydrogen-bond donors (Lipinski definition) is 0. The first kappa shape index (κ1) is 16.7. The lowest BCUT2D eigenvalue weighted by Crippen LogP contribution is -2.38. The number of methoxy groups -OCH3 is 1. The van der Waals surface area contributed by atoms with Gasteiger partial charge in [0, 0.05) is 26.3 Å². The van der Waals surface area contributed by atoms with Gasteiger partial charge in [-0.25, -0.2) is 0 Å². The topological polar surface area (TPSA) is 38.8 Å². The lowest BCUT2D eigenvalue weighted by molar-refractivity contribution is -0.145. The number of carbonyl (C=O) groups excluding carboxylic acids is 1. The van der Waals surface area contributed by atoms with Gasteiger partial charge < -0.3 is 9.47 Å². The molecule has 1 unspecified atom stereocenters. The van der Waals surface area contributed by atoms with E-state index in [4.69, 9.17) is 9.47 Å². The number of hydrogen-bond acceptors (Lipinski definition) is 4. The minimum atomic E-state index is -0.173. The molecule has 0 amide bonds. The van der Waals surface area contributed by atoms with E-state index in [2.05, 4.69) is 24.0 Å². The second-order valence-corrected chi connectivity index (χ2v) is 4.83. The lowest BCUT2D eigenvalue weighted by Gasteiger charge is -2.28. The Balaban J connectivity index is 2.65. The number of benzene rings is 1. The van der Waals surface area contributed by atoms with E-state index in [1.165, 1.54) is 5.56 Å². The lowest BCUT2D eigenvalue weighted by atomic mass is 10.1. The van der Waals surface area contributed by atoms with E-state index in [9.17, 15) is 4.79 Å². The Kier molecular flexibility index (Phi) is 7.92. The molecule has 0 saturated heterocycles. The van der Waals surface area contributed by atoms with Crippen molar-refractivity contribution >= 4 is 5.97 Å². The predicted octanol–water partition coefficient (Wildman–Crippen LogP) is 2.48. The summed E-state index contributed by atoms with van der Waals surface area (Å²) in [6.07, 6.45) is 0.892. The highest BCUT2D eigenvalue weighted by atomic mass is 16.5. The highest BCUT2D eigenvalue weighted by Crippen LogP contribution is 2.11. The van der Waals surface area contributed by atoms with E-state index in [-0.39, 0.29) is 12.0 Å². The van der Waals surface area contributed by atoms with E-state index in [1.54, 1.807) is 7.11 Å². The van der Waals surface area contributed by atoms with Crippen molar-refractivity contribution in [2.75, 3.05) is 26.9 Å². The van der Waals surface area contributed by atoms with Gasteiger partial charge in [0.15, 0.2) is 0 Å². The maximum Gasteiger partial charge on any atom is 0.320 e. The van der Waals surface area contributed by atoms with Gasteiger partial charge in [-0.2, -0.15) is 0 Å². The minimum absolute atomic E-state index is 0.173. The molecule has 1 aromatic carbocycles. The zero-order valence-electron chi connectivity index (χ0n) is 12.7. The second kappa shape index (κ2) is 9.50. The highest BCUT2D eigenvalue weighted by Gasteiger charge is 2.18. The SMILES string of the molecule is CCOC(=O)CN(Cc1ccccc1)C(C)CCOC. The Morgan fingerprint density at radius 1 is 1.30 bits per heavy atom. The smallest absolute Gasteiger partial charge is 0.320 e. The van der Waals surface area contributed by atoms with Crippen molar-refractivity contribution in [3.8, 4) is 0 Å². The minimum Gasteiger partial charge on any atom is -0.465 e. The van der Waals surface area contributed by atoms with Crippen LogP contribution in [0.1, 0.15) is 25.8 Å². The molecule has 0 N–H and O–H groups in total. The summed E-state index contributed by atoms with van der Waals surface area (Å²) in [6, 6.07) is 10.4. The van der Waals surface area contributed by atoms with Crippen LogP contribution in [0.3, 0.4) is 0 Å². The average Bonchev–Trinajstić information content (AvgIpc) is 2.45. The molecule has 0 aromatic heterocycles. The van der Waals surface area contributed by atoms with Gasteiger partial charge in [-0.1, -0.05) is 30.3 Å². The third-order valence-corrected chi connectivity index (χ3v) is 3.23. The summed E-state index contributed by atoms with van der Waals surface area (Å²) in [5.74, 6) is -0.173. The van der Waals surface area contributed by atoms with Crippen molar-refractivity contribution in [2.45, 2.75) is 32.9 Å². The van der Waals surface area contributed by atoms with Crippen LogP contribution in [0.2, 0.25) is 0 Å². The first-order valence-corrected chi connectivity index (χ1v) is 7.09. The zero-order chi connectivity index (χ0) is 14.8. The van der Waals surface area contributed by atoms with Crippen LogP contribution in [-0.4, -0.2) is 43.8 Å². The first-order chi connectivity index (χ1) is 9.67. The van der Waals surface area contributed by atoms with E-state index >= 15 is 0 Å². The summed E-state index contributed by atoms with van der Waals surface area (Å²) in [4.78, 5) is 13.9. The molecule has 4 heteroatoms. The molecule has 1 aromatic rings. The largest absolute Gasteiger partial charge is 0.465 e. The van der Waals surface area contributed by atoms with Gasteiger partial charge in [-0.15, -0.1) is 0 Å². The number of esters is 1. The molecule has 112 valence electrons. The molecule has 0 radical (unpaired) electrons. The number of rotatable bonds is 9. The quantitative estimate of drug-likeness (QED) is 0.651. The standard InChI is InChI=1S/C16H25NO3/c1-4-20-16(18)13-17(14(2)10-11-19-3)12-15-8-6-5-7-9-15/h5-9,14H,4,10-13H2,1-3H3. The first-order valence-electron chi connectivity index (χ1n) is 7.09. The van der Waals surface area contributed by atoms with Crippen molar-refractivity contribution < 1.29 is 14.3 Å². The van der Waals surface area contributed by atoms with E-state index < -0.39 is 0 Å². The molecule has 0 aliphatic rings. The van der Waals surface area contributed by atoms with Crippen LogP contribution in [0.5, 0.6) is 0 Å². The van der Waals surface area contributed by atoms with Crippen LogP contribution in [0.4, 0.5) is 0 Å². The zero-order valence-corrected chi connectivity index (χ0v) is 12.7. The van der Waals surface area contributed by atoms with Crippen LogP contribution >= 0.6 is 0 Å². The van der Waals surface area contributed by atoms with Crippen molar-refractivity contribution in [3.05, 3.63) is 35.9 Å². The molecule has 0 fully saturated rings. The number of carbonyl (C=O) groups is 1. The second-order valence-electron chi connectivity index (χ2n) is 4.83. The maximum atomic E-state index is 11.7. The molecule has 4 nitrogen and oxygen atoms in total. The van der Waals surface area contributed by atoms with Crippen molar-refractivity contribution in [1.82, 2.24) is 4.90 Å². The molecular weight excluding hydrogens is 254 g/mol. The summed E-state index contributed by atoms with van der Waals surface area (Å²) >= 11 is 0. The van der Waals surface area contributed by atoms with Gasteiger partial charge >= 0.3 is 5.97 Å². The summed E-state index contributed by atoms with van der Waals surface area (Å²) in [5, 5.41) is 0. The van der Waals surface area contributed by atoms with Crippen LogP contribution < -0.4 is 0 Å². The summed E-state index contributed by atoms with van der Waals surface area (Å²) < 4.78 is 10.2. The molecule has 0 bridgehead atoms. The number of nitrogens with zero attached hydrogens (tertiary/aromatic N) is 1. The van der Waals surface area contributed by atoms with Crippen LogP contribution in [-0.2, 0) is 20.8 Å². The normalized spacial score (nSPS) is 12.4. The molecule has 0 heterocycles. The van der Waals surface area contributed by atoms with E-state index in [1.807, 2.05) is 25.1 Å². The summed E-state index contributed by atoms with van der Waals surface area (Å²) in [6.45, 7) is 6.10. The Morgan fingerprint density at radius 3 is 2.60 bits per heavy atom. The van der Waals surface area contributed by atoms with Crippen LogP contribution in [0, 0.1) is 0 Å². The average molecular weight is 279 g/mol. The fourth-order valence-corrected chi connectivity index (χ4v) is 2.03. The van der Waals surface area contributed by atoms with Crippen molar-refractivity contribution in [2.24, 2.45) is 0 Å². The van der Waals surface area contributed by atoms with Gasteiger partial charge in [-0.05, 0) is 25.8 Å². The van der Waals surface area contributed by atoms with Gasteiger partial charge in [0.05, 0.1) is 13.2 Å². The van der Waals surface area contributed by atoms with E-state index in [0.29, 0.717) is 19.8 Å². The third kappa shape index (κ3) is 6.17. The van der Waals surface area contributed by atoms with Gasteiger partial charge in [0.2, 0.25) is 0 Å². The monoisotopic (exact) mass is 279 g/mol.